The molecule has 132 valence electrons. The maximum atomic E-state index is 12.8. The third-order valence-electron chi connectivity index (χ3n) is 5.60. The molecule has 1 aliphatic heterocycles. The van der Waals surface area contributed by atoms with E-state index in [1.807, 2.05) is 4.90 Å². The number of aromatic nitrogens is 2. The van der Waals surface area contributed by atoms with Gasteiger partial charge in [0.25, 0.3) is 0 Å². The minimum absolute atomic E-state index is 0.208. The number of carbonyl (C=O) groups is 1. The van der Waals surface area contributed by atoms with Crippen molar-refractivity contribution in [3.05, 3.63) is 34.4 Å². The third kappa shape index (κ3) is 3.20. The number of ether oxygens (including phenoxy) is 1. The van der Waals surface area contributed by atoms with Gasteiger partial charge in [-0.3, -0.25) is 4.79 Å². The minimum atomic E-state index is -0.210. The molecule has 0 aromatic carbocycles. The van der Waals surface area contributed by atoms with Crippen LogP contribution in [0.4, 0.5) is 0 Å². The molecule has 1 saturated carbocycles. The number of carbonyl (C=O) groups excluding carboxylic acids is 1. The molecular weight excluding hydrogens is 334 g/mol. The number of rotatable bonds is 4. The standard InChI is InChI=1S/C19H23N3O2S/c1-24-19(6-2-7-19)11-17(23)22-8-3-15-16(4-9-22)20-13-21-18(15)14-5-10-25-12-14/h5,10,12-13H,2-4,6-9,11H2,1H3. The Morgan fingerprint density at radius 2 is 2.16 bits per heavy atom. The summed E-state index contributed by atoms with van der Waals surface area (Å²) in [6.45, 7) is 1.46. The molecule has 4 rings (SSSR count). The van der Waals surface area contributed by atoms with Gasteiger partial charge in [0.15, 0.2) is 0 Å². The summed E-state index contributed by atoms with van der Waals surface area (Å²) in [7, 11) is 1.73. The fraction of sp³-hybridized carbons (Fsp3) is 0.526. The lowest BCUT2D eigenvalue weighted by molar-refractivity contribution is -0.144. The molecule has 2 aromatic heterocycles. The molecule has 0 unspecified atom stereocenters. The van der Waals surface area contributed by atoms with Crippen LogP contribution in [0.3, 0.4) is 0 Å². The van der Waals surface area contributed by atoms with Crippen molar-refractivity contribution in [1.82, 2.24) is 14.9 Å². The highest BCUT2D eigenvalue weighted by Gasteiger charge is 2.40. The average Bonchev–Trinajstić information content (AvgIpc) is 3.04. The molecule has 0 spiro atoms. The second-order valence-corrected chi connectivity index (χ2v) is 7.74. The van der Waals surface area contributed by atoms with Crippen molar-refractivity contribution in [3.8, 4) is 11.3 Å². The van der Waals surface area contributed by atoms with Crippen molar-refractivity contribution in [2.75, 3.05) is 20.2 Å². The van der Waals surface area contributed by atoms with Gasteiger partial charge in [-0.15, -0.1) is 0 Å². The SMILES string of the molecule is COC1(CC(=O)N2CCc3ncnc(-c4ccsc4)c3CC2)CCC1. The van der Waals surface area contributed by atoms with Gasteiger partial charge in [-0.1, -0.05) is 0 Å². The summed E-state index contributed by atoms with van der Waals surface area (Å²) in [5.74, 6) is 0.208. The van der Waals surface area contributed by atoms with Crippen molar-refractivity contribution in [3.63, 3.8) is 0 Å². The fourth-order valence-electron chi connectivity index (χ4n) is 3.84. The number of amides is 1. The predicted molar refractivity (Wildman–Crippen MR) is 97.5 cm³/mol. The maximum Gasteiger partial charge on any atom is 0.225 e. The van der Waals surface area contributed by atoms with Gasteiger partial charge in [-0.2, -0.15) is 11.3 Å². The van der Waals surface area contributed by atoms with E-state index in [2.05, 4.69) is 26.8 Å². The van der Waals surface area contributed by atoms with Crippen molar-refractivity contribution < 1.29 is 9.53 Å². The van der Waals surface area contributed by atoms with E-state index >= 15 is 0 Å². The Morgan fingerprint density at radius 3 is 2.84 bits per heavy atom. The van der Waals surface area contributed by atoms with Crippen LogP contribution in [0.5, 0.6) is 0 Å². The van der Waals surface area contributed by atoms with Gasteiger partial charge in [-0.25, -0.2) is 9.97 Å². The molecule has 1 fully saturated rings. The monoisotopic (exact) mass is 357 g/mol. The molecular formula is C19H23N3O2S. The lowest BCUT2D eigenvalue weighted by atomic mass is 9.77. The number of thiophene rings is 1. The van der Waals surface area contributed by atoms with Gasteiger partial charge in [0, 0.05) is 48.8 Å². The molecule has 2 aliphatic rings. The lowest BCUT2D eigenvalue weighted by Gasteiger charge is -2.41. The minimum Gasteiger partial charge on any atom is -0.378 e. The molecule has 5 nitrogen and oxygen atoms in total. The summed E-state index contributed by atoms with van der Waals surface area (Å²) in [6, 6.07) is 2.10. The van der Waals surface area contributed by atoms with Crippen LogP contribution in [0.2, 0.25) is 0 Å². The van der Waals surface area contributed by atoms with Crippen molar-refractivity contribution in [1.29, 1.82) is 0 Å². The molecule has 0 N–H and O–H groups in total. The molecule has 0 saturated heterocycles. The summed E-state index contributed by atoms with van der Waals surface area (Å²) < 4.78 is 5.63. The zero-order valence-corrected chi connectivity index (χ0v) is 15.3. The van der Waals surface area contributed by atoms with Crippen molar-refractivity contribution in [2.24, 2.45) is 0 Å². The van der Waals surface area contributed by atoms with Gasteiger partial charge in [0.1, 0.15) is 6.33 Å². The van der Waals surface area contributed by atoms with E-state index in [0.29, 0.717) is 6.42 Å². The average molecular weight is 357 g/mol. The first-order valence-electron chi connectivity index (χ1n) is 8.89. The first-order chi connectivity index (χ1) is 12.2. The molecule has 2 aromatic rings. The predicted octanol–water partition coefficient (Wildman–Crippen LogP) is 3.09. The number of nitrogens with zero attached hydrogens (tertiary/aromatic N) is 3. The zero-order chi connectivity index (χ0) is 17.3. The van der Waals surface area contributed by atoms with Crippen LogP contribution in [-0.2, 0) is 22.4 Å². The first kappa shape index (κ1) is 16.7. The van der Waals surface area contributed by atoms with Gasteiger partial charge in [0.05, 0.1) is 17.7 Å². The first-order valence-corrected chi connectivity index (χ1v) is 9.83. The van der Waals surface area contributed by atoms with Crippen LogP contribution in [0.15, 0.2) is 23.2 Å². The summed E-state index contributed by atoms with van der Waals surface area (Å²) in [5.41, 5.74) is 4.24. The third-order valence-corrected chi connectivity index (χ3v) is 6.29. The molecule has 1 aliphatic carbocycles. The van der Waals surface area contributed by atoms with Crippen LogP contribution in [0.25, 0.3) is 11.3 Å². The Labute approximate surface area is 152 Å². The largest absolute Gasteiger partial charge is 0.378 e. The molecule has 0 bridgehead atoms. The Hall–Kier alpha value is -1.79. The quantitative estimate of drug-likeness (QED) is 0.844. The lowest BCUT2D eigenvalue weighted by Crippen LogP contribution is -2.45. The van der Waals surface area contributed by atoms with Gasteiger partial charge in [0.2, 0.25) is 5.91 Å². The number of hydrogen-bond donors (Lipinski definition) is 0. The molecule has 6 heteroatoms. The molecule has 0 atom stereocenters. The molecule has 1 amide bonds. The Morgan fingerprint density at radius 1 is 1.32 bits per heavy atom. The molecule has 25 heavy (non-hydrogen) atoms. The fourth-order valence-corrected chi connectivity index (χ4v) is 4.48. The maximum absolute atomic E-state index is 12.8. The van der Waals surface area contributed by atoms with E-state index in [9.17, 15) is 4.79 Å². The summed E-state index contributed by atoms with van der Waals surface area (Å²) in [4.78, 5) is 23.8. The Balaban J connectivity index is 1.50. The number of fused-ring (bicyclic) bond motifs is 1. The molecule has 3 heterocycles. The van der Waals surface area contributed by atoms with Gasteiger partial charge >= 0.3 is 0 Å². The smallest absolute Gasteiger partial charge is 0.225 e. The van der Waals surface area contributed by atoms with E-state index in [1.54, 1.807) is 24.8 Å². The van der Waals surface area contributed by atoms with E-state index in [0.717, 1.165) is 62.1 Å². The summed E-state index contributed by atoms with van der Waals surface area (Å²) in [5, 5.41) is 4.19. The van der Waals surface area contributed by atoms with Crippen LogP contribution < -0.4 is 0 Å². The second kappa shape index (κ2) is 6.84. The van der Waals surface area contributed by atoms with Crippen molar-refractivity contribution >= 4 is 17.2 Å². The van der Waals surface area contributed by atoms with Crippen molar-refractivity contribution in [2.45, 2.75) is 44.1 Å². The highest BCUT2D eigenvalue weighted by molar-refractivity contribution is 7.08. The van der Waals surface area contributed by atoms with E-state index in [1.165, 1.54) is 5.56 Å². The van der Waals surface area contributed by atoms with E-state index < -0.39 is 0 Å². The number of methoxy groups -OCH3 is 1. The topological polar surface area (TPSA) is 55.3 Å². The highest BCUT2D eigenvalue weighted by Crippen LogP contribution is 2.38. The van der Waals surface area contributed by atoms with Gasteiger partial charge in [-0.05, 0) is 37.1 Å². The normalized spacial score (nSPS) is 19.0. The highest BCUT2D eigenvalue weighted by atomic mass is 32.1. The Bertz CT molecular complexity index is 751. The van der Waals surface area contributed by atoms with Crippen LogP contribution in [0.1, 0.15) is 36.9 Å². The van der Waals surface area contributed by atoms with Crippen LogP contribution >= 0.6 is 11.3 Å². The molecule has 0 radical (unpaired) electrons. The summed E-state index contributed by atoms with van der Waals surface area (Å²) >= 11 is 1.67. The summed E-state index contributed by atoms with van der Waals surface area (Å²) in [6.07, 6.45) is 6.91. The number of hydrogen-bond acceptors (Lipinski definition) is 5. The second-order valence-electron chi connectivity index (χ2n) is 6.96. The van der Waals surface area contributed by atoms with E-state index in [-0.39, 0.29) is 11.5 Å². The van der Waals surface area contributed by atoms with Crippen LogP contribution in [0, 0.1) is 0 Å². The van der Waals surface area contributed by atoms with Crippen LogP contribution in [-0.4, -0.2) is 46.6 Å². The Kier molecular flexibility index (Phi) is 4.56. The van der Waals surface area contributed by atoms with Gasteiger partial charge < -0.3 is 9.64 Å². The van der Waals surface area contributed by atoms with E-state index in [4.69, 9.17) is 4.74 Å². The zero-order valence-electron chi connectivity index (χ0n) is 14.5.